The summed E-state index contributed by atoms with van der Waals surface area (Å²) < 4.78 is 12.5. The van der Waals surface area contributed by atoms with Crippen LogP contribution in [0.5, 0.6) is 0 Å². The van der Waals surface area contributed by atoms with Gasteiger partial charge in [0.15, 0.2) is 0 Å². The number of alkyl halides is 2. The van der Waals surface area contributed by atoms with E-state index >= 15 is 0 Å². The molecule has 1 nitrogen and oxygen atoms in total. The van der Waals surface area contributed by atoms with E-state index in [2.05, 4.69) is 4.98 Å². The van der Waals surface area contributed by atoms with E-state index in [-0.39, 0.29) is 17.6 Å². The summed E-state index contributed by atoms with van der Waals surface area (Å²) in [5, 5.41) is 0. The van der Waals surface area contributed by atoms with Gasteiger partial charge in [0.05, 0.1) is 17.8 Å². The highest BCUT2D eigenvalue weighted by Gasteiger charge is 2.02. The van der Waals surface area contributed by atoms with Crippen molar-refractivity contribution in [3.63, 3.8) is 0 Å². The molecule has 0 saturated carbocycles. The number of nitrogens with zero attached hydrogens (tertiary/aromatic N) is 1. The quantitative estimate of drug-likeness (QED) is 0.659. The van der Waals surface area contributed by atoms with Gasteiger partial charge in [0, 0.05) is 5.88 Å². The Bertz CT molecular complexity index is 252. The molecule has 4 heteroatoms. The van der Waals surface area contributed by atoms with E-state index in [1.807, 2.05) is 0 Å². The highest BCUT2D eigenvalue weighted by atomic mass is 35.5. The molecular formula is C7H6Cl2FN. The summed E-state index contributed by atoms with van der Waals surface area (Å²) in [4.78, 5) is 3.78. The van der Waals surface area contributed by atoms with Crippen LogP contribution in [0.25, 0.3) is 0 Å². The monoisotopic (exact) mass is 193 g/mol. The summed E-state index contributed by atoms with van der Waals surface area (Å²) in [5.74, 6) is 0.129. The SMILES string of the molecule is Fc1cnc(CCl)c(CCl)c1. The average Bonchev–Trinajstić information content (AvgIpc) is 2.04. The van der Waals surface area contributed by atoms with E-state index in [4.69, 9.17) is 23.2 Å². The first-order chi connectivity index (χ1) is 5.27. The van der Waals surface area contributed by atoms with Crippen LogP contribution in [0.1, 0.15) is 11.3 Å². The second-order valence-electron chi connectivity index (χ2n) is 2.03. The van der Waals surface area contributed by atoms with Crippen molar-refractivity contribution in [1.82, 2.24) is 4.98 Å². The Kier molecular flexibility index (Phi) is 3.09. The molecule has 0 amide bonds. The van der Waals surface area contributed by atoms with E-state index in [0.29, 0.717) is 11.3 Å². The van der Waals surface area contributed by atoms with E-state index in [0.717, 1.165) is 6.20 Å². The zero-order chi connectivity index (χ0) is 8.27. The van der Waals surface area contributed by atoms with Gasteiger partial charge >= 0.3 is 0 Å². The van der Waals surface area contributed by atoms with Crippen molar-refractivity contribution in [2.24, 2.45) is 0 Å². The third-order valence-corrected chi connectivity index (χ3v) is 1.84. The zero-order valence-corrected chi connectivity index (χ0v) is 7.16. The van der Waals surface area contributed by atoms with Crippen LogP contribution in [0.3, 0.4) is 0 Å². The molecule has 0 saturated heterocycles. The molecule has 0 spiro atoms. The summed E-state index contributed by atoms with van der Waals surface area (Å²) in [6, 6.07) is 1.34. The van der Waals surface area contributed by atoms with Crippen LogP contribution in [-0.4, -0.2) is 4.98 Å². The third kappa shape index (κ3) is 2.04. The maximum atomic E-state index is 12.5. The number of hydrogen-bond donors (Lipinski definition) is 0. The normalized spacial score (nSPS) is 10.1. The topological polar surface area (TPSA) is 12.9 Å². The lowest BCUT2D eigenvalue weighted by Gasteiger charge is -2.00. The maximum absolute atomic E-state index is 12.5. The van der Waals surface area contributed by atoms with Gasteiger partial charge in [-0.15, -0.1) is 23.2 Å². The number of rotatable bonds is 2. The van der Waals surface area contributed by atoms with Crippen molar-refractivity contribution in [2.45, 2.75) is 11.8 Å². The molecule has 0 aliphatic rings. The molecule has 0 aromatic carbocycles. The molecule has 0 aliphatic heterocycles. The standard InChI is InChI=1S/C7H6Cl2FN/c8-2-5-1-6(10)4-11-7(5)3-9/h1,4H,2-3H2. The Labute approximate surface area is 74.2 Å². The number of hydrogen-bond acceptors (Lipinski definition) is 1. The van der Waals surface area contributed by atoms with Gasteiger partial charge in [-0.25, -0.2) is 4.39 Å². The van der Waals surface area contributed by atoms with Crippen molar-refractivity contribution in [3.05, 3.63) is 29.3 Å². The van der Waals surface area contributed by atoms with E-state index < -0.39 is 0 Å². The minimum absolute atomic E-state index is 0.243. The van der Waals surface area contributed by atoms with E-state index in [1.165, 1.54) is 6.07 Å². The Hall–Kier alpha value is -0.340. The summed E-state index contributed by atoms with van der Waals surface area (Å²) in [7, 11) is 0. The fraction of sp³-hybridized carbons (Fsp3) is 0.286. The summed E-state index contributed by atoms with van der Waals surface area (Å²) in [5.41, 5.74) is 1.30. The van der Waals surface area contributed by atoms with Gasteiger partial charge in [-0.05, 0) is 11.6 Å². The summed E-state index contributed by atoms with van der Waals surface area (Å²) in [6.07, 6.45) is 1.13. The molecule has 1 rings (SSSR count). The number of pyridine rings is 1. The lowest BCUT2D eigenvalue weighted by molar-refractivity contribution is 0.618. The molecule has 1 aromatic rings. The van der Waals surface area contributed by atoms with Gasteiger partial charge in [0.2, 0.25) is 0 Å². The van der Waals surface area contributed by atoms with Crippen LogP contribution in [0, 0.1) is 5.82 Å². The van der Waals surface area contributed by atoms with Crippen molar-refractivity contribution in [1.29, 1.82) is 0 Å². The number of aromatic nitrogens is 1. The minimum atomic E-state index is -0.380. The highest BCUT2D eigenvalue weighted by molar-refractivity contribution is 6.18. The van der Waals surface area contributed by atoms with Crippen LogP contribution in [-0.2, 0) is 11.8 Å². The van der Waals surface area contributed by atoms with Crippen molar-refractivity contribution in [2.75, 3.05) is 0 Å². The molecule has 0 fully saturated rings. The second-order valence-corrected chi connectivity index (χ2v) is 2.56. The van der Waals surface area contributed by atoms with Crippen LogP contribution in [0.2, 0.25) is 0 Å². The second kappa shape index (κ2) is 3.88. The molecule has 11 heavy (non-hydrogen) atoms. The molecule has 0 radical (unpaired) electrons. The lowest BCUT2D eigenvalue weighted by Crippen LogP contribution is -1.93. The first-order valence-electron chi connectivity index (χ1n) is 3.03. The zero-order valence-electron chi connectivity index (χ0n) is 5.65. The third-order valence-electron chi connectivity index (χ3n) is 1.30. The first-order valence-corrected chi connectivity index (χ1v) is 4.10. The van der Waals surface area contributed by atoms with Gasteiger partial charge < -0.3 is 0 Å². The minimum Gasteiger partial charge on any atom is -0.257 e. The predicted octanol–water partition coefficient (Wildman–Crippen LogP) is 2.70. The molecule has 0 N–H and O–H groups in total. The molecular weight excluding hydrogens is 188 g/mol. The van der Waals surface area contributed by atoms with Crippen molar-refractivity contribution >= 4 is 23.2 Å². The van der Waals surface area contributed by atoms with E-state index in [1.54, 1.807) is 0 Å². The Morgan fingerprint density at radius 2 is 2.09 bits per heavy atom. The summed E-state index contributed by atoms with van der Waals surface area (Å²) >= 11 is 11.0. The fourth-order valence-electron chi connectivity index (χ4n) is 0.746. The van der Waals surface area contributed by atoms with Crippen LogP contribution in [0.15, 0.2) is 12.3 Å². The Balaban J connectivity index is 3.06. The molecule has 60 valence electrons. The lowest BCUT2D eigenvalue weighted by atomic mass is 10.2. The van der Waals surface area contributed by atoms with Crippen LogP contribution in [0.4, 0.5) is 4.39 Å². The highest BCUT2D eigenvalue weighted by Crippen LogP contribution is 2.12. The first kappa shape index (κ1) is 8.75. The molecule has 1 heterocycles. The van der Waals surface area contributed by atoms with Gasteiger partial charge in [0.25, 0.3) is 0 Å². The average molecular weight is 194 g/mol. The summed E-state index contributed by atoms with van der Waals surface area (Å²) in [6.45, 7) is 0. The Morgan fingerprint density at radius 3 is 2.64 bits per heavy atom. The molecule has 0 aliphatic carbocycles. The van der Waals surface area contributed by atoms with Crippen LogP contribution >= 0.6 is 23.2 Å². The predicted molar refractivity (Wildman–Crippen MR) is 43.3 cm³/mol. The Morgan fingerprint density at radius 1 is 1.36 bits per heavy atom. The van der Waals surface area contributed by atoms with Crippen molar-refractivity contribution in [3.8, 4) is 0 Å². The smallest absolute Gasteiger partial charge is 0.141 e. The van der Waals surface area contributed by atoms with Crippen molar-refractivity contribution < 1.29 is 4.39 Å². The van der Waals surface area contributed by atoms with Crippen LogP contribution < -0.4 is 0 Å². The van der Waals surface area contributed by atoms with Gasteiger partial charge in [-0.3, -0.25) is 4.98 Å². The van der Waals surface area contributed by atoms with Gasteiger partial charge in [0.1, 0.15) is 5.82 Å². The molecule has 0 unspecified atom stereocenters. The van der Waals surface area contributed by atoms with Gasteiger partial charge in [-0.2, -0.15) is 0 Å². The number of halogens is 3. The van der Waals surface area contributed by atoms with Gasteiger partial charge in [-0.1, -0.05) is 0 Å². The van der Waals surface area contributed by atoms with E-state index in [9.17, 15) is 4.39 Å². The molecule has 0 atom stereocenters. The fourth-order valence-corrected chi connectivity index (χ4v) is 1.22. The molecule has 1 aromatic heterocycles. The largest absolute Gasteiger partial charge is 0.257 e. The molecule has 0 bridgehead atoms. The maximum Gasteiger partial charge on any atom is 0.141 e.